The van der Waals surface area contributed by atoms with Gasteiger partial charge in [-0.1, -0.05) is 12.1 Å². The predicted molar refractivity (Wildman–Crippen MR) is 77.7 cm³/mol. The summed E-state index contributed by atoms with van der Waals surface area (Å²) in [5.41, 5.74) is 0. The molecule has 0 bridgehead atoms. The fraction of sp³-hybridized carbons (Fsp3) is 0.867. The van der Waals surface area contributed by atoms with Crippen LogP contribution in [0.3, 0.4) is 0 Å². The first kappa shape index (κ1) is 14.0. The highest BCUT2D eigenvalue weighted by Gasteiger charge is 2.23. The van der Waals surface area contributed by atoms with Crippen LogP contribution in [0.4, 0.5) is 0 Å². The summed E-state index contributed by atoms with van der Waals surface area (Å²) in [4.78, 5) is 7.15. The number of piperidine rings is 2. The van der Waals surface area contributed by atoms with Crippen molar-refractivity contribution < 1.29 is 4.52 Å². The van der Waals surface area contributed by atoms with Gasteiger partial charge in [0.05, 0.1) is 0 Å². The Morgan fingerprint density at radius 3 is 2.85 bits per heavy atom. The highest BCUT2D eigenvalue weighted by atomic mass is 16.5. The van der Waals surface area contributed by atoms with E-state index in [2.05, 4.69) is 27.3 Å². The summed E-state index contributed by atoms with van der Waals surface area (Å²) in [6.07, 6.45) is 5.88. The van der Waals surface area contributed by atoms with E-state index < -0.39 is 0 Å². The number of rotatable bonds is 4. The van der Waals surface area contributed by atoms with Crippen LogP contribution in [0.1, 0.15) is 50.2 Å². The summed E-state index contributed by atoms with van der Waals surface area (Å²) in [6, 6.07) is 0. The molecule has 20 heavy (non-hydrogen) atoms. The van der Waals surface area contributed by atoms with Crippen molar-refractivity contribution in [3.05, 3.63) is 11.7 Å². The summed E-state index contributed by atoms with van der Waals surface area (Å²) in [5.74, 6) is 2.93. The molecule has 112 valence electrons. The van der Waals surface area contributed by atoms with E-state index >= 15 is 0 Å². The van der Waals surface area contributed by atoms with Gasteiger partial charge in [-0.05, 0) is 57.8 Å². The second-order valence-corrected chi connectivity index (χ2v) is 6.17. The maximum absolute atomic E-state index is 5.47. The first-order valence-electron chi connectivity index (χ1n) is 8.10. The van der Waals surface area contributed by atoms with E-state index in [1.807, 2.05) is 0 Å². The van der Waals surface area contributed by atoms with Gasteiger partial charge in [0.15, 0.2) is 5.82 Å². The Hall–Kier alpha value is -0.940. The van der Waals surface area contributed by atoms with Gasteiger partial charge < -0.3 is 14.7 Å². The summed E-state index contributed by atoms with van der Waals surface area (Å²) in [7, 11) is 0. The first-order valence-corrected chi connectivity index (χ1v) is 8.10. The minimum atomic E-state index is 0.447. The Morgan fingerprint density at radius 1 is 1.30 bits per heavy atom. The molecule has 2 aliphatic rings. The molecule has 5 heteroatoms. The summed E-state index contributed by atoms with van der Waals surface area (Å²) >= 11 is 0. The quantitative estimate of drug-likeness (QED) is 0.910. The zero-order valence-electron chi connectivity index (χ0n) is 12.5. The van der Waals surface area contributed by atoms with Crippen LogP contribution >= 0.6 is 0 Å². The van der Waals surface area contributed by atoms with Crippen molar-refractivity contribution in [2.75, 3.05) is 32.7 Å². The smallest absolute Gasteiger partial charge is 0.226 e. The van der Waals surface area contributed by atoms with Crippen molar-refractivity contribution >= 4 is 0 Å². The van der Waals surface area contributed by atoms with E-state index in [1.54, 1.807) is 0 Å². The molecule has 1 aromatic rings. The Kier molecular flexibility index (Phi) is 4.68. The molecule has 2 fully saturated rings. The van der Waals surface area contributed by atoms with Crippen LogP contribution in [0.5, 0.6) is 0 Å². The molecule has 0 aliphatic carbocycles. The summed E-state index contributed by atoms with van der Waals surface area (Å²) in [5, 5.41) is 7.61. The Bertz CT molecular complexity index is 406. The van der Waals surface area contributed by atoms with E-state index in [1.165, 1.54) is 45.3 Å². The fourth-order valence-corrected chi connectivity index (χ4v) is 3.34. The third kappa shape index (κ3) is 3.38. The lowest BCUT2D eigenvalue weighted by Crippen LogP contribution is -2.34. The first-order chi connectivity index (χ1) is 9.85. The number of hydrogen-bond acceptors (Lipinski definition) is 5. The number of nitrogens with one attached hydrogen (secondary N) is 1. The lowest BCUT2D eigenvalue weighted by molar-refractivity contribution is 0.185. The van der Waals surface area contributed by atoms with Gasteiger partial charge in [-0.2, -0.15) is 4.98 Å². The standard InChI is InChI=1S/C15H26N4O/c1-2-19-8-5-12(6-9-19)10-14-17-15(18-20-14)13-4-3-7-16-11-13/h12-13,16H,2-11H2,1H3. The molecule has 3 heterocycles. The molecule has 1 aromatic heterocycles. The van der Waals surface area contributed by atoms with Gasteiger partial charge in [0.2, 0.25) is 5.89 Å². The molecular formula is C15H26N4O. The fourth-order valence-electron chi connectivity index (χ4n) is 3.34. The number of aromatic nitrogens is 2. The maximum Gasteiger partial charge on any atom is 0.226 e. The van der Waals surface area contributed by atoms with Crippen LogP contribution in [0.15, 0.2) is 4.52 Å². The molecule has 0 aromatic carbocycles. The van der Waals surface area contributed by atoms with E-state index in [0.717, 1.165) is 37.1 Å². The number of hydrogen-bond donors (Lipinski definition) is 1. The maximum atomic E-state index is 5.47. The third-order valence-corrected chi connectivity index (χ3v) is 4.76. The lowest BCUT2D eigenvalue weighted by atomic mass is 9.93. The molecule has 2 aliphatic heterocycles. The minimum Gasteiger partial charge on any atom is -0.339 e. The molecule has 0 amide bonds. The van der Waals surface area contributed by atoms with Crippen molar-refractivity contribution in [2.24, 2.45) is 5.92 Å². The number of nitrogens with zero attached hydrogens (tertiary/aromatic N) is 3. The molecular weight excluding hydrogens is 252 g/mol. The van der Waals surface area contributed by atoms with E-state index in [9.17, 15) is 0 Å². The second kappa shape index (κ2) is 6.68. The molecule has 1 unspecified atom stereocenters. The van der Waals surface area contributed by atoms with Crippen molar-refractivity contribution in [1.82, 2.24) is 20.4 Å². The van der Waals surface area contributed by atoms with Gasteiger partial charge in [0.25, 0.3) is 0 Å². The molecule has 0 saturated carbocycles. The van der Waals surface area contributed by atoms with Gasteiger partial charge >= 0.3 is 0 Å². The predicted octanol–water partition coefficient (Wildman–Crippen LogP) is 1.81. The average Bonchev–Trinajstić information content (AvgIpc) is 2.97. The van der Waals surface area contributed by atoms with Gasteiger partial charge in [-0.3, -0.25) is 0 Å². The van der Waals surface area contributed by atoms with Gasteiger partial charge in [-0.15, -0.1) is 0 Å². The largest absolute Gasteiger partial charge is 0.339 e. The Labute approximate surface area is 121 Å². The Morgan fingerprint density at radius 2 is 2.15 bits per heavy atom. The molecule has 1 atom stereocenters. The second-order valence-electron chi connectivity index (χ2n) is 6.17. The van der Waals surface area contributed by atoms with Crippen LogP contribution < -0.4 is 5.32 Å². The zero-order chi connectivity index (χ0) is 13.8. The summed E-state index contributed by atoms with van der Waals surface area (Å²) < 4.78 is 5.47. The minimum absolute atomic E-state index is 0.447. The highest BCUT2D eigenvalue weighted by molar-refractivity contribution is 4.99. The summed E-state index contributed by atoms with van der Waals surface area (Å²) in [6.45, 7) is 7.96. The van der Waals surface area contributed by atoms with Gasteiger partial charge in [0.1, 0.15) is 0 Å². The molecule has 1 N–H and O–H groups in total. The van der Waals surface area contributed by atoms with Crippen LogP contribution in [-0.4, -0.2) is 47.8 Å². The van der Waals surface area contributed by atoms with Crippen molar-refractivity contribution in [3.8, 4) is 0 Å². The highest BCUT2D eigenvalue weighted by Crippen LogP contribution is 2.24. The third-order valence-electron chi connectivity index (χ3n) is 4.76. The van der Waals surface area contributed by atoms with Crippen LogP contribution in [0, 0.1) is 5.92 Å². The van der Waals surface area contributed by atoms with E-state index in [4.69, 9.17) is 4.52 Å². The van der Waals surface area contributed by atoms with E-state index in [-0.39, 0.29) is 0 Å². The van der Waals surface area contributed by atoms with Gasteiger partial charge in [-0.25, -0.2) is 0 Å². The van der Waals surface area contributed by atoms with Gasteiger partial charge in [0, 0.05) is 18.9 Å². The van der Waals surface area contributed by atoms with E-state index in [0.29, 0.717) is 5.92 Å². The van der Waals surface area contributed by atoms with Crippen LogP contribution in [0.2, 0.25) is 0 Å². The molecule has 2 saturated heterocycles. The number of likely N-dealkylation sites (tertiary alicyclic amines) is 1. The molecule has 5 nitrogen and oxygen atoms in total. The average molecular weight is 278 g/mol. The van der Waals surface area contributed by atoms with Crippen molar-refractivity contribution in [1.29, 1.82) is 0 Å². The van der Waals surface area contributed by atoms with Crippen molar-refractivity contribution in [3.63, 3.8) is 0 Å². The lowest BCUT2D eigenvalue weighted by Gasteiger charge is -2.30. The zero-order valence-corrected chi connectivity index (χ0v) is 12.5. The molecule has 0 radical (unpaired) electrons. The topological polar surface area (TPSA) is 54.2 Å². The van der Waals surface area contributed by atoms with Crippen molar-refractivity contribution in [2.45, 2.75) is 44.9 Å². The monoisotopic (exact) mass is 278 g/mol. The SMILES string of the molecule is CCN1CCC(Cc2nc(C3CCCNC3)no2)CC1. The normalized spacial score (nSPS) is 25.9. The Balaban J connectivity index is 1.52. The molecule has 3 rings (SSSR count). The van der Waals surface area contributed by atoms with Crippen LogP contribution in [-0.2, 0) is 6.42 Å². The van der Waals surface area contributed by atoms with Crippen LogP contribution in [0.25, 0.3) is 0 Å². The molecule has 0 spiro atoms.